The van der Waals surface area contributed by atoms with Gasteiger partial charge in [-0.2, -0.15) is 0 Å². The average molecular weight is 294 g/mol. The molecule has 0 aromatic heterocycles. The minimum atomic E-state index is -1.08. The van der Waals surface area contributed by atoms with Crippen LogP contribution in [-0.4, -0.2) is 17.7 Å². The Bertz CT molecular complexity index is 379. The van der Waals surface area contributed by atoms with Crippen molar-refractivity contribution in [3.8, 4) is 5.75 Å². The van der Waals surface area contributed by atoms with E-state index in [0.717, 1.165) is 6.42 Å². The summed E-state index contributed by atoms with van der Waals surface area (Å²) in [5.74, 6) is -0.673. The Morgan fingerprint density at radius 3 is 2.80 bits per heavy atom. The van der Waals surface area contributed by atoms with Gasteiger partial charge in [-0.1, -0.05) is 18.5 Å². The van der Waals surface area contributed by atoms with Gasteiger partial charge in [0.05, 0.1) is 17.2 Å². The minimum absolute atomic E-state index is 0.0327. The summed E-state index contributed by atoms with van der Waals surface area (Å²) in [6.07, 6.45) is 0.842. The molecule has 0 aliphatic carbocycles. The number of hydrogen-bond donors (Lipinski definition) is 1. The second-order valence-corrected chi connectivity index (χ2v) is 4.12. The van der Waals surface area contributed by atoms with Gasteiger partial charge in [-0.3, -0.25) is 0 Å². The van der Waals surface area contributed by atoms with Crippen molar-refractivity contribution in [3.63, 3.8) is 0 Å². The first kappa shape index (κ1) is 12.3. The fraction of sp³-hybridized carbons (Fsp3) is 0.300. The zero-order chi connectivity index (χ0) is 11.4. The largest absolute Gasteiger partial charge is 0.492 e. The van der Waals surface area contributed by atoms with Crippen LogP contribution in [0.2, 0.25) is 5.02 Å². The van der Waals surface area contributed by atoms with Crippen LogP contribution in [0, 0.1) is 0 Å². The number of ether oxygens (including phenoxy) is 1. The number of hydrogen-bond acceptors (Lipinski definition) is 2. The average Bonchev–Trinajstić information content (AvgIpc) is 2.16. The number of halogens is 2. The van der Waals surface area contributed by atoms with Crippen molar-refractivity contribution in [3.05, 3.63) is 27.2 Å². The van der Waals surface area contributed by atoms with Crippen molar-refractivity contribution >= 4 is 33.5 Å². The molecule has 15 heavy (non-hydrogen) atoms. The molecule has 1 N–H and O–H groups in total. The first-order valence-corrected chi connectivity index (χ1v) is 5.59. The quantitative estimate of drug-likeness (QED) is 0.923. The number of aromatic carboxylic acids is 1. The highest BCUT2D eigenvalue weighted by Crippen LogP contribution is 2.33. The molecule has 0 spiro atoms. The van der Waals surface area contributed by atoms with Gasteiger partial charge in [-0.05, 0) is 34.5 Å². The highest BCUT2D eigenvalue weighted by molar-refractivity contribution is 9.10. The maximum atomic E-state index is 10.9. The highest BCUT2D eigenvalue weighted by Gasteiger charge is 2.17. The highest BCUT2D eigenvalue weighted by atomic mass is 79.9. The smallest absolute Gasteiger partial charge is 0.338 e. The fourth-order valence-electron chi connectivity index (χ4n) is 1.05. The predicted octanol–water partition coefficient (Wildman–Crippen LogP) is 3.59. The lowest BCUT2D eigenvalue weighted by Gasteiger charge is -2.09. The fourth-order valence-corrected chi connectivity index (χ4v) is 1.97. The zero-order valence-electron chi connectivity index (χ0n) is 8.09. The molecular formula is C10H10BrClO3. The van der Waals surface area contributed by atoms with E-state index >= 15 is 0 Å². The van der Waals surface area contributed by atoms with Gasteiger partial charge in [0.15, 0.2) is 0 Å². The van der Waals surface area contributed by atoms with Crippen molar-refractivity contribution in [1.29, 1.82) is 0 Å². The molecule has 0 saturated carbocycles. The second kappa shape index (κ2) is 5.37. The van der Waals surface area contributed by atoms with Crippen LogP contribution in [0.5, 0.6) is 5.75 Å². The van der Waals surface area contributed by atoms with E-state index in [1.807, 2.05) is 6.92 Å². The van der Waals surface area contributed by atoms with Crippen LogP contribution in [-0.2, 0) is 0 Å². The maximum Gasteiger partial charge on any atom is 0.338 e. The Hall–Kier alpha value is -0.740. The van der Waals surface area contributed by atoms with Crippen molar-refractivity contribution in [2.45, 2.75) is 13.3 Å². The zero-order valence-corrected chi connectivity index (χ0v) is 10.4. The molecule has 5 heteroatoms. The van der Waals surface area contributed by atoms with E-state index in [4.69, 9.17) is 21.4 Å². The predicted molar refractivity (Wildman–Crippen MR) is 61.9 cm³/mol. The molecule has 1 aromatic carbocycles. The molecule has 0 bridgehead atoms. The first-order chi connectivity index (χ1) is 7.07. The molecule has 0 atom stereocenters. The van der Waals surface area contributed by atoms with Crippen LogP contribution in [0.15, 0.2) is 16.6 Å². The van der Waals surface area contributed by atoms with Gasteiger partial charge >= 0.3 is 5.97 Å². The monoisotopic (exact) mass is 292 g/mol. The summed E-state index contributed by atoms with van der Waals surface area (Å²) in [6.45, 7) is 2.48. The SMILES string of the molecule is CCCOc1ccc(Br)c(C(=O)O)c1Cl. The summed E-state index contributed by atoms with van der Waals surface area (Å²) in [6, 6.07) is 3.26. The van der Waals surface area contributed by atoms with Gasteiger partial charge in [0.25, 0.3) is 0 Å². The van der Waals surface area contributed by atoms with Gasteiger partial charge in [0.1, 0.15) is 5.75 Å². The number of benzene rings is 1. The van der Waals surface area contributed by atoms with Crippen LogP contribution >= 0.6 is 27.5 Å². The number of carboxylic acid groups (broad SMARTS) is 1. The summed E-state index contributed by atoms with van der Waals surface area (Å²) < 4.78 is 5.76. The van der Waals surface area contributed by atoms with E-state index in [1.54, 1.807) is 12.1 Å². The van der Waals surface area contributed by atoms with E-state index in [-0.39, 0.29) is 10.6 Å². The van der Waals surface area contributed by atoms with Crippen LogP contribution in [0.1, 0.15) is 23.7 Å². The van der Waals surface area contributed by atoms with Crippen molar-refractivity contribution in [1.82, 2.24) is 0 Å². The third kappa shape index (κ3) is 2.86. The second-order valence-electron chi connectivity index (χ2n) is 2.89. The number of rotatable bonds is 4. The molecule has 1 aromatic rings. The van der Waals surface area contributed by atoms with E-state index in [0.29, 0.717) is 16.8 Å². The lowest BCUT2D eigenvalue weighted by Crippen LogP contribution is -2.02. The molecule has 0 amide bonds. The van der Waals surface area contributed by atoms with E-state index in [1.165, 1.54) is 0 Å². The number of carboxylic acids is 1. The molecule has 82 valence electrons. The third-order valence-corrected chi connectivity index (χ3v) is 2.77. The van der Waals surface area contributed by atoms with Gasteiger partial charge in [0, 0.05) is 4.47 Å². The molecular weight excluding hydrogens is 283 g/mol. The van der Waals surface area contributed by atoms with E-state index < -0.39 is 5.97 Å². The number of carbonyl (C=O) groups is 1. The molecule has 1 rings (SSSR count). The summed E-state index contributed by atoms with van der Waals surface area (Å²) >= 11 is 9.04. The third-order valence-electron chi connectivity index (χ3n) is 1.73. The van der Waals surface area contributed by atoms with Crippen LogP contribution in [0.3, 0.4) is 0 Å². The normalized spacial score (nSPS) is 10.1. The Balaban J connectivity index is 3.11. The van der Waals surface area contributed by atoms with Crippen molar-refractivity contribution in [2.24, 2.45) is 0 Å². The summed E-state index contributed by atoms with van der Waals surface area (Å²) in [7, 11) is 0. The van der Waals surface area contributed by atoms with Crippen LogP contribution in [0.25, 0.3) is 0 Å². The molecule has 0 radical (unpaired) electrons. The molecule has 0 aliphatic heterocycles. The molecule has 0 heterocycles. The van der Waals surface area contributed by atoms with Gasteiger partial charge in [0.2, 0.25) is 0 Å². The lowest BCUT2D eigenvalue weighted by molar-refractivity contribution is 0.0695. The Kier molecular flexibility index (Phi) is 4.42. The molecule has 0 fully saturated rings. The van der Waals surface area contributed by atoms with E-state index in [2.05, 4.69) is 15.9 Å². The van der Waals surface area contributed by atoms with Crippen molar-refractivity contribution in [2.75, 3.05) is 6.61 Å². The minimum Gasteiger partial charge on any atom is -0.492 e. The topological polar surface area (TPSA) is 46.5 Å². The Labute approximate surface area is 101 Å². The van der Waals surface area contributed by atoms with Crippen LogP contribution in [0.4, 0.5) is 0 Å². The van der Waals surface area contributed by atoms with Gasteiger partial charge in [-0.15, -0.1) is 0 Å². The van der Waals surface area contributed by atoms with Gasteiger partial charge < -0.3 is 9.84 Å². The maximum absolute atomic E-state index is 10.9. The Morgan fingerprint density at radius 1 is 1.60 bits per heavy atom. The molecule has 0 saturated heterocycles. The summed E-state index contributed by atoms with van der Waals surface area (Å²) in [4.78, 5) is 10.9. The molecule has 0 unspecified atom stereocenters. The van der Waals surface area contributed by atoms with E-state index in [9.17, 15) is 4.79 Å². The first-order valence-electron chi connectivity index (χ1n) is 4.42. The van der Waals surface area contributed by atoms with Crippen LogP contribution < -0.4 is 4.74 Å². The molecule has 3 nitrogen and oxygen atoms in total. The van der Waals surface area contributed by atoms with Crippen molar-refractivity contribution < 1.29 is 14.6 Å². The standard InChI is InChI=1S/C10H10BrClO3/c1-2-5-15-7-4-3-6(11)8(9(7)12)10(13)14/h3-4H,2,5H2,1H3,(H,13,14). The summed E-state index contributed by atoms with van der Waals surface area (Å²) in [5, 5.41) is 9.06. The summed E-state index contributed by atoms with van der Waals surface area (Å²) in [5.41, 5.74) is 0.0327. The molecule has 0 aliphatic rings. The Morgan fingerprint density at radius 2 is 2.27 bits per heavy atom. The van der Waals surface area contributed by atoms with Gasteiger partial charge in [-0.25, -0.2) is 4.79 Å². The lowest BCUT2D eigenvalue weighted by atomic mass is 10.2.